The second-order valence-electron chi connectivity index (χ2n) is 6.43. The maximum atomic E-state index is 10.7. The molecule has 5 nitrogen and oxygen atoms in total. The predicted octanol–water partition coefficient (Wildman–Crippen LogP) is 2.44. The molecule has 1 saturated heterocycles. The van der Waals surface area contributed by atoms with Gasteiger partial charge in [0.25, 0.3) is 0 Å². The molecule has 1 fully saturated rings. The summed E-state index contributed by atoms with van der Waals surface area (Å²) in [6, 6.07) is 0. The summed E-state index contributed by atoms with van der Waals surface area (Å²) >= 11 is 0. The molecule has 2 heterocycles. The van der Waals surface area contributed by atoms with Crippen molar-refractivity contribution in [2.45, 2.75) is 33.6 Å². The molecule has 0 radical (unpaired) electrons. The van der Waals surface area contributed by atoms with Crippen LogP contribution in [0.4, 0.5) is 5.82 Å². The van der Waals surface area contributed by atoms with E-state index in [2.05, 4.69) is 35.6 Å². The minimum atomic E-state index is -1.04. The molecule has 0 aliphatic carbocycles. The number of anilines is 1. The molecule has 0 spiro atoms. The number of carboxylic acid groups (broad SMARTS) is 1. The Kier molecular flexibility index (Phi) is 3.73. The van der Waals surface area contributed by atoms with Gasteiger partial charge in [0.15, 0.2) is 5.69 Å². The van der Waals surface area contributed by atoms with Crippen LogP contribution in [0.1, 0.15) is 44.1 Å². The normalized spacial score (nSPS) is 19.7. The van der Waals surface area contributed by atoms with Gasteiger partial charge in [0.2, 0.25) is 0 Å². The molecule has 0 saturated carbocycles. The van der Waals surface area contributed by atoms with E-state index < -0.39 is 5.97 Å². The highest BCUT2D eigenvalue weighted by Crippen LogP contribution is 2.31. The van der Waals surface area contributed by atoms with E-state index in [0.29, 0.717) is 11.3 Å². The summed E-state index contributed by atoms with van der Waals surface area (Å²) in [5.41, 5.74) is 0.341. The number of hydrogen-bond donors (Lipinski definition) is 1. The average Bonchev–Trinajstić information content (AvgIpc) is 2.75. The van der Waals surface area contributed by atoms with Gasteiger partial charge in [-0.15, -0.1) is 0 Å². The van der Waals surface area contributed by atoms with Crippen molar-refractivity contribution in [3.8, 4) is 0 Å². The van der Waals surface area contributed by atoms with Crippen molar-refractivity contribution in [3.63, 3.8) is 0 Å². The Balaban J connectivity index is 1.99. The van der Waals surface area contributed by atoms with E-state index in [4.69, 9.17) is 5.11 Å². The van der Waals surface area contributed by atoms with Crippen LogP contribution in [0.2, 0.25) is 0 Å². The van der Waals surface area contributed by atoms with E-state index >= 15 is 0 Å². The molecule has 1 atom stereocenters. The first kappa shape index (κ1) is 13.8. The Labute approximate surface area is 113 Å². The Morgan fingerprint density at radius 1 is 1.42 bits per heavy atom. The molecule has 19 heavy (non-hydrogen) atoms. The van der Waals surface area contributed by atoms with Crippen molar-refractivity contribution < 1.29 is 9.90 Å². The zero-order valence-electron chi connectivity index (χ0n) is 11.8. The molecule has 0 amide bonds. The minimum absolute atomic E-state index is 0.00538. The number of aromatic nitrogens is 2. The SMILES string of the molecule is CC(C)(C)CC1CCN(c2cnc(C(=O)O)cn2)C1. The molecule has 0 bridgehead atoms. The van der Waals surface area contributed by atoms with Gasteiger partial charge in [-0.05, 0) is 24.2 Å². The Hall–Kier alpha value is -1.65. The van der Waals surface area contributed by atoms with Gasteiger partial charge in [-0.25, -0.2) is 14.8 Å². The smallest absolute Gasteiger partial charge is 0.356 e. The van der Waals surface area contributed by atoms with E-state index in [-0.39, 0.29) is 5.69 Å². The van der Waals surface area contributed by atoms with Crippen LogP contribution in [0.5, 0.6) is 0 Å². The van der Waals surface area contributed by atoms with Crippen molar-refractivity contribution in [1.29, 1.82) is 0 Å². The third-order valence-corrected chi connectivity index (χ3v) is 3.37. The second-order valence-corrected chi connectivity index (χ2v) is 6.43. The number of carboxylic acids is 1. The Morgan fingerprint density at radius 3 is 2.68 bits per heavy atom. The zero-order chi connectivity index (χ0) is 14.0. The summed E-state index contributed by atoms with van der Waals surface area (Å²) in [6.45, 7) is 8.74. The lowest BCUT2D eigenvalue weighted by atomic mass is 9.84. The minimum Gasteiger partial charge on any atom is -0.476 e. The molecule has 104 valence electrons. The van der Waals surface area contributed by atoms with Gasteiger partial charge >= 0.3 is 5.97 Å². The van der Waals surface area contributed by atoms with Crippen LogP contribution in [0.25, 0.3) is 0 Å². The second kappa shape index (κ2) is 5.15. The van der Waals surface area contributed by atoms with Gasteiger partial charge in [0.1, 0.15) is 5.82 Å². The molecular formula is C14H21N3O2. The van der Waals surface area contributed by atoms with E-state index in [0.717, 1.165) is 18.9 Å². The van der Waals surface area contributed by atoms with Crippen LogP contribution >= 0.6 is 0 Å². The third kappa shape index (κ3) is 3.66. The van der Waals surface area contributed by atoms with Gasteiger partial charge in [0, 0.05) is 13.1 Å². The maximum absolute atomic E-state index is 10.7. The first-order valence-corrected chi connectivity index (χ1v) is 6.65. The molecule has 5 heteroatoms. The fraction of sp³-hybridized carbons (Fsp3) is 0.643. The molecule has 1 unspecified atom stereocenters. The highest BCUT2D eigenvalue weighted by Gasteiger charge is 2.27. The molecule has 1 aliphatic heterocycles. The third-order valence-electron chi connectivity index (χ3n) is 3.37. The zero-order valence-corrected chi connectivity index (χ0v) is 11.8. The molecule has 1 aliphatic rings. The Morgan fingerprint density at radius 2 is 2.16 bits per heavy atom. The number of carbonyl (C=O) groups is 1. The highest BCUT2D eigenvalue weighted by molar-refractivity contribution is 5.84. The molecule has 1 aromatic heterocycles. The lowest BCUT2D eigenvalue weighted by Crippen LogP contribution is -2.22. The van der Waals surface area contributed by atoms with Crippen molar-refractivity contribution in [2.75, 3.05) is 18.0 Å². The summed E-state index contributed by atoms with van der Waals surface area (Å²) < 4.78 is 0. The lowest BCUT2D eigenvalue weighted by Gasteiger charge is -2.23. The highest BCUT2D eigenvalue weighted by atomic mass is 16.4. The number of rotatable bonds is 3. The number of hydrogen-bond acceptors (Lipinski definition) is 4. The van der Waals surface area contributed by atoms with E-state index in [1.54, 1.807) is 6.20 Å². The molecule has 1 N–H and O–H groups in total. The topological polar surface area (TPSA) is 66.3 Å². The standard InChI is InChI=1S/C14H21N3O2/c1-14(2,3)6-10-4-5-17(9-10)12-8-15-11(7-16-12)13(18)19/h7-8,10H,4-6,9H2,1-3H3,(H,18,19). The molecule has 1 aromatic rings. The van der Waals surface area contributed by atoms with Crippen LogP contribution in [-0.4, -0.2) is 34.1 Å². The van der Waals surface area contributed by atoms with E-state index in [9.17, 15) is 4.79 Å². The van der Waals surface area contributed by atoms with Gasteiger partial charge in [-0.1, -0.05) is 20.8 Å². The molecular weight excluding hydrogens is 242 g/mol. The quantitative estimate of drug-likeness (QED) is 0.907. The summed E-state index contributed by atoms with van der Waals surface area (Å²) in [7, 11) is 0. The van der Waals surface area contributed by atoms with Gasteiger partial charge in [-0.3, -0.25) is 0 Å². The monoisotopic (exact) mass is 263 g/mol. The first-order valence-electron chi connectivity index (χ1n) is 6.65. The van der Waals surface area contributed by atoms with Crippen molar-refractivity contribution in [2.24, 2.45) is 11.3 Å². The molecule has 0 aromatic carbocycles. The van der Waals surface area contributed by atoms with Crippen molar-refractivity contribution >= 4 is 11.8 Å². The summed E-state index contributed by atoms with van der Waals surface area (Å²) in [5, 5.41) is 8.79. The van der Waals surface area contributed by atoms with E-state index in [1.807, 2.05) is 0 Å². The largest absolute Gasteiger partial charge is 0.476 e. The number of nitrogens with zero attached hydrogens (tertiary/aromatic N) is 3. The van der Waals surface area contributed by atoms with Crippen LogP contribution in [0.3, 0.4) is 0 Å². The number of aromatic carboxylic acids is 1. The first-order chi connectivity index (χ1) is 8.85. The molecule has 2 rings (SSSR count). The van der Waals surface area contributed by atoms with Crippen LogP contribution in [0, 0.1) is 11.3 Å². The maximum Gasteiger partial charge on any atom is 0.356 e. The van der Waals surface area contributed by atoms with Crippen LogP contribution in [-0.2, 0) is 0 Å². The fourth-order valence-corrected chi connectivity index (χ4v) is 2.67. The Bertz CT molecular complexity index is 451. The summed E-state index contributed by atoms with van der Waals surface area (Å²) in [6.07, 6.45) is 5.25. The predicted molar refractivity (Wildman–Crippen MR) is 73.4 cm³/mol. The van der Waals surface area contributed by atoms with Gasteiger partial charge in [0.05, 0.1) is 12.4 Å². The van der Waals surface area contributed by atoms with Crippen LogP contribution < -0.4 is 4.90 Å². The van der Waals surface area contributed by atoms with Gasteiger partial charge in [-0.2, -0.15) is 0 Å². The van der Waals surface area contributed by atoms with Crippen LogP contribution in [0.15, 0.2) is 12.4 Å². The summed E-state index contributed by atoms with van der Waals surface area (Å²) in [5.74, 6) is 0.424. The fourth-order valence-electron chi connectivity index (χ4n) is 2.67. The van der Waals surface area contributed by atoms with Crippen molar-refractivity contribution in [1.82, 2.24) is 9.97 Å². The van der Waals surface area contributed by atoms with E-state index in [1.165, 1.54) is 19.0 Å². The lowest BCUT2D eigenvalue weighted by molar-refractivity contribution is 0.0690. The average molecular weight is 263 g/mol. The van der Waals surface area contributed by atoms with Gasteiger partial charge < -0.3 is 10.0 Å². The van der Waals surface area contributed by atoms with Crippen molar-refractivity contribution in [3.05, 3.63) is 18.1 Å². The summed E-state index contributed by atoms with van der Waals surface area (Å²) in [4.78, 5) is 21.0.